The van der Waals surface area contributed by atoms with Crippen molar-refractivity contribution in [1.29, 1.82) is 0 Å². The van der Waals surface area contributed by atoms with Crippen LogP contribution in [0.4, 0.5) is 5.69 Å². The van der Waals surface area contributed by atoms with E-state index in [1.807, 2.05) is 6.07 Å². The van der Waals surface area contributed by atoms with Crippen LogP contribution in [-0.4, -0.2) is 42.3 Å². The molecule has 9 heteroatoms. The molecule has 2 heterocycles. The number of carbonyl (C=O) groups is 1. The molecule has 0 spiro atoms. The molecule has 0 N–H and O–H groups in total. The second-order valence-corrected chi connectivity index (χ2v) is 5.13. The zero-order valence-corrected chi connectivity index (χ0v) is 12.9. The zero-order chi connectivity index (χ0) is 16.4. The van der Waals surface area contributed by atoms with Gasteiger partial charge in [-0.15, -0.1) is 0 Å². The van der Waals surface area contributed by atoms with Crippen LogP contribution in [0.3, 0.4) is 0 Å². The van der Waals surface area contributed by atoms with Crippen molar-refractivity contribution in [3.63, 3.8) is 0 Å². The molecular weight excluding hydrogens is 288 g/mol. The Kier molecular flexibility index (Phi) is 4.25. The van der Waals surface area contributed by atoms with Crippen LogP contribution in [0.2, 0.25) is 0 Å². The largest absolute Gasteiger partial charge is 0.338 e. The second kappa shape index (κ2) is 5.96. The highest BCUT2D eigenvalue weighted by atomic mass is 16.6. The van der Waals surface area contributed by atoms with Crippen molar-refractivity contribution in [3.8, 4) is 0 Å². The summed E-state index contributed by atoms with van der Waals surface area (Å²) in [6.07, 6.45) is 2.83. The average Bonchev–Trinajstić information content (AvgIpc) is 3.03. The van der Waals surface area contributed by atoms with E-state index in [9.17, 15) is 14.9 Å². The number of aryl methyl sites for hydroxylation is 1. The molecule has 0 aliphatic carbocycles. The highest BCUT2D eigenvalue weighted by Crippen LogP contribution is 2.21. The first-order chi connectivity index (χ1) is 10.3. The molecule has 1 unspecified atom stereocenters. The highest BCUT2D eigenvalue weighted by Gasteiger charge is 2.26. The Balaban J connectivity index is 2.15. The van der Waals surface area contributed by atoms with Gasteiger partial charge in [0, 0.05) is 20.3 Å². The summed E-state index contributed by atoms with van der Waals surface area (Å²) >= 11 is 0. The Morgan fingerprint density at radius 3 is 2.68 bits per heavy atom. The lowest BCUT2D eigenvalue weighted by Crippen LogP contribution is -2.34. The van der Waals surface area contributed by atoms with E-state index in [1.165, 1.54) is 10.9 Å². The van der Waals surface area contributed by atoms with Crippen LogP contribution >= 0.6 is 0 Å². The molecule has 2 aromatic rings. The van der Waals surface area contributed by atoms with Gasteiger partial charge in [0.05, 0.1) is 17.2 Å². The van der Waals surface area contributed by atoms with E-state index < -0.39 is 11.0 Å². The number of nitro groups is 1. The molecule has 0 aliphatic rings. The van der Waals surface area contributed by atoms with Gasteiger partial charge in [0.1, 0.15) is 17.9 Å². The van der Waals surface area contributed by atoms with E-state index in [-0.39, 0.29) is 11.6 Å². The minimum Gasteiger partial charge on any atom is -0.338 e. The van der Waals surface area contributed by atoms with Gasteiger partial charge in [-0.2, -0.15) is 10.2 Å². The van der Waals surface area contributed by atoms with Crippen molar-refractivity contribution in [2.45, 2.75) is 26.4 Å². The van der Waals surface area contributed by atoms with Crippen LogP contribution < -0.4 is 0 Å². The Bertz CT molecular complexity index is 704. The maximum Gasteiger partial charge on any atom is 0.309 e. The topological polar surface area (TPSA) is 99.1 Å². The number of hydrogen-bond acceptors (Lipinski definition) is 5. The van der Waals surface area contributed by atoms with Gasteiger partial charge in [-0.05, 0) is 19.9 Å². The first-order valence-electron chi connectivity index (χ1n) is 6.73. The standard InChI is InChI=1S/C13H18N6O3/c1-9-12(19(21)22)7-15-18(9)10(2)13(20)16(3)8-11-5-6-14-17(11)4/h5-7,10H,8H2,1-4H3. The van der Waals surface area contributed by atoms with Gasteiger partial charge in [0.15, 0.2) is 0 Å². The van der Waals surface area contributed by atoms with Crippen LogP contribution in [0.5, 0.6) is 0 Å². The maximum atomic E-state index is 12.5. The number of nitrogens with zero attached hydrogens (tertiary/aromatic N) is 6. The lowest BCUT2D eigenvalue weighted by Gasteiger charge is -2.22. The summed E-state index contributed by atoms with van der Waals surface area (Å²) in [5, 5.41) is 18.9. The molecule has 1 amide bonds. The molecule has 0 fully saturated rings. The van der Waals surface area contributed by atoms with Crippen molar-refractivity contribution in [2.75, 3.05) is 7.05 Å². The molecular formula is C13H18N6O3. The predicted molar refractivity (Wildman–Crippen MR) is 78.0 cm³/mol. The summed E-state index contributed by atoms with van der Waals surface area (Å²) in [6.45, 7) is 3.66. The summed E-state index contributed by atoms with van der Waals surface area (Å²) in [5.41, 5.74) is 1.17. The SMILES string of the molecule is Cc1c([N+](=O)[O-])cnn1C(C)C(=O)N(C)Cc1ccnn1C. The summed E-state index contributed by atoms with van der Waals surface area (Å²) < 4.78 is 3.07. The van der Waals surface area contributed by atoms with Gasteiger partial charge in [0.25, 0.3) is 0 Å². The van der Waals surface area contributed by atoms with Gasteiger partial charge in [0.2, 0.25) is 5.91 Å². The minimum atomic E-state index is -0.619. The minimum absolute atomic E-state index is 0.0889. The average molecular weight is 306 g/mol. The molecule has 1 atom stereocenters. The lowest BCUT2D eigenvalue weighted by molar-refractivity contribution is -0.385. The number of likely N-dealkylation sites (N-methyl/N-ethyl adjacent to an activating group) is 1. The van der Waals surface area contributed by atoms with Crippen LogP contribution in [0.25, 0.3) is 0 Å². The summed E-state index contributed by atoms with van der Waals surface area (Å²) in [4.78, 5) is 24.4. The fourth-order valence-electron chi connectivity index (χ4n) is 2.28. The molecule has 2 aromatic heterocycles. The first-order valence-corrected chi connectivity index (χ1v) is 6.73. The van der Waals surface area contributed by atoms with Crippen molar-refractivity contribution in [1.82, 2.24) is 24.5 Å². The fourth-order valence-corrected chi connectivity index (χ4v) is 2.28. The second-order valence-electron chi connectivity index (χ2n) is 5.13. The quantitative estimate of drug-likeness (QED) is 0.607. The Morgan fingerprint density at radius 2 is 2.18 bits per heavy atom. The molecule has 22 heavy (non-hydrogen) atoms. The van der Waals surface area contributed by atoms with Crippen molar-refractivity contribution >= 4 is 11.6 Å². The number of carbonyl (C=O) groups excluding carboxylic acids is 1. The highest BCUT2D eigenvalue weighted by molar-refractivity contribution is 5.79. The summed E-state index contributed by atoms with van der Waals surface area (Å²) in [6, 6.07) is 1.21. The van der Waals surface area contributed by atoms with E-state index in [4.69, 9.17) is 0 Å². The monoisotopic (exact) mass is 306 g/mol. The molecule has 118 valence electrons. The molecule has 0 radical (unpaired) electrons. The number of rotatable bonds is 5. The van der Waals surface area contributed by atoms with Gasteiger partial charge >= 0.3 is 5.69 Å². The summed E-state index contributed by atoms with van der Waals surface area (Å²) in [5.74, 6) is -0.178. The van der Waals surface area contributed by atoms with Crippen LogP contribution in [0.1, 0.15) is 24.4 Å². The molecule has 0 saturated carbocycles. The Labute approximate surface area is 127 Å². The molecule has 2 rings (SSSR count). The molecule has 0 bridgehead atoms. The van der Waals surface area contributed by atoms with E-state index in [0.717, 1.165) is 5.69 Å². The number of hydrogen-bond donors (Lipinski definition) is 0. The van der Waals surface area contributed by atoms with Crippen molar-refractivity contribution in [3.05, 3.63) is 40.0 Å². The van der Waals surface area contributed by atoms with Gasteiger partial charge < -0.3 is 4.90 Å². The number of amides is 1. The van der Waals surface area contributed by atoms with E-state index in [1.54, 1.807) is 43.7 Å². The van der Waals surface area contributed by atoms with Crippen molar-refractivity contribution in [2.24, 2.45) is 7.05 Å². The first kappa shape index (κ1) is 15.7. The fraction of sp³-hybridized carbons (Fsp3) is 0.462. The van der Waals surface area contributed by atoms with Crippen LogP contribution in [0.15, 0.2) is 18.5 Å². The van der Waals surface area contributed by atoms with Gasteiger partial charge in [-0.25, -0.2) is 0 Å². The maximum absolute atomic E-state index is 12.5. The van der Waals surface area contributed by atoms with Crippen molar-refractivity contribution < 1.29 is 9.72 Å². The van der Waals surface area contributed by atoms with Crippen LogP contribution in [-0.2, 0) is 18.4 Å². The number of aromatic nitrogens is 4. The third-order valence-corrected chi connectivity index (χ3v) is 3.64. The lowest BCUT2D eigenvalue weighted by atomic mass is 10.2. The molecule has 9 nitrogen and oxygen atoms in total. The zero-order valence-electron chi connectivity index (χ0n) is 12.9. The van der Waals surface area contributed by atoms with E-state index >= 15 is 0 Å². The van der Waals surface area contributed by atoms with Gasteiger partial charge in [-0.1, -0.05) is 0 Å². The molecule has 0 aliphatic heterocycles. The van der Waals surface area contributed by atoms with Gasteiger partial charge in [-0.3, -0.25) is 24.3 Å². The van der Waals surface area contributed by atoms with E-state index in [2.05, 4.69) is 10.2 Å². The smallest absolute Gasteiger partial charge is 0.309 e. The molecule has 0 saturated heterocycles. The Morgan fingerprint density at radius 1 is 1.50 bits per heavy atom. The van der Waals surface area contributed by atoms with Crippen LogP contribution in [0, 0.1) is 17.0 Å². The normalized spacial score (nSPS) is 12.2. The Hall–Kier alpha value is -2.71. The third kappa shape index (κ3) is 2.83. The third-order valence-electron chi connectivity index (χ3n) is 3.64. The van der Waals surface area contributed by atoms with E-state index in [0.29, 0.717) is 12.2 Å². The predicted octanol–water partition coefficient (Wildman–Crippen LogP) is 1.05. The summed E-state index contributed by atoms with van der Waals surface area (Å²) in [7, 11) is 3.48. The molecule has 0 aromatic carbocycles.